The fourth-order valence-electron chi connectivity index (χ4n) is 3.14. The van der Waals surface area contributed by atoms with Gasteiger partial charge in [0.25, 0.3) is 5.91 Å². The van der Waals surface area contributed by atoms with Crippen LogP contribution >= 0.6 is 23.2 Å². The van der Waals surface area contributed by atoms with E-state index in [1.54, 1.807) is 6.07 Å². The smallest absolute Gasteiger partial charge is 0.251 e. The summed E-state index contributed by atoms with van der Waals surface area (Å²) in [5.41, 5.74) is 1.13. The van der Waals surface area contributed by atoms with Crippen LogP contribution < -0.4 is 5.32 Å². The number of halogens is 4. The van der Waals surface area contributed by atoms with Gasteiger partial charge in [-0.05, 0) is 42.0 Å². The van der Waals surface area contributed by atoms with Gasteiger partial charge in [0.05, 0.1) is 0 Å². The van der Waals surface area contributed by atoms with Crippen LogP contribution in [0.5, 0.6) is 0 Å². The lowest BCUT2D eigenvalue weighted by molar-refractivity contribution is 0.0933. The molecule has 0 saturated carbocycles. The molecule has 1 aliphatic heterocycles. The third kappa shape index (κ3) is 5.64. The van der Waals surface area contributed by atoms with E-state index >= 15 is 0 Å². The van der Waals surface area contributed by atoms with Gasteiger partial charge in [0.2, 0.25) is 0 Å². The maximum Gasteiger partial charge on any atom is 0.251 e. The highest BCUT2D eigenvalue weighted by molar-refractivity contribution is 6.33. The highest BCUT2D eigenvalue weighted by Crippen LogP contribution is 2.22. The Labute approximate surface area is 173 Å². The molecule has 0 radical (unpaired) electrons. The maximum atomic E-state index is 13.2. The fraction of sp³-hybridized carbons (Fsp3) is 0.350. The Bertz CT molecular complexity index is 842. The summed E-state index contributed by atoms with van der Waals surface area (Å²) in [7, 11) is 0. The molecule has 28 heavy (non-hydrogen) atoms. The summed E-state index contributed by atoms with van der Waals surface area (Å²) in [6.07, 6.45) is 0. The second kappa shape index (κ2) is 9.65. The van der Waals surface area contributed by atoms with E-state index in [4.69, 9.17) is 23.2 Å². The Morgan fingerprint density at radius 2 is 1.68 bits per heavy atom. The Kier molecular flexibility index (Phi) is 7.24. The van der Waals surface area contributed by atoms with Gasteiger partial charge in [-0.2, -0.15) is 0 Å². The van der Waals surface area contributed by atoms with Gasteiger partial charge in [-0.1, -0.05) is 23.2 Å². The van der Waals surface area contributed by atoms with Crippen LogP contribution in [0.4, 0.5) is 8.78 Å². The normalized spacial score (nSPS) is 15.6. The van der Waals surface area contributed by atoms with Crippen LogP contribution in [0.25, 0.3) is 0 Å². The van der Waals surface area contributed by atoms with Crippen molar-refractivity contribution < 1.29 is 13.6 Å². The summed E-state index contributed by atoms with van der Waals surface area (Å²) in [4.78, 5) is 16.6. The quantitative estimate of drug-likeness (QED) is 0.760. The maximum absolute atomic E-state index is 13.2. The van der Waals surface area contributed by atoms with Gasteiger partial charge in [0.1, 0.15) is 0 Å². The van der Waals surface area contributed by atoms with Gasteiger partial charge in [-0.15, -0.1) is 0 Å². The molecule has 2 aromatic carbocycles. The third-order valence-corrected chi connectivity index (χ3v) is 5.37. The first-order valence-electron chi connectivity index (χ1n) is 9.04. The number of nitrogens with one attached hydrogen (secondary N) is 1. The van der Waals surface area contributed by atoms with Crippen LogP contribution in [0.1, 0.15) is 15.9 Å². The number of piperazine rings is 1. The Hall–Kier alpha value is -1.73. The summed E-state index contributed by atoms with van der Waals surface area (Å²) >= 11 is 12.3. The summed E-state index contributed by atoms with van der Waals surface area (Å²) in [6.45, 7) is 5.41. The van der Waals surface area contributed by atoms with Crippen LogP contribution in [-0.2, 0) is 6.54 Å². The van der Waals surface area contributed by atoms with Crippen LogP contribution in [0.2, 0.25) is 10.0 Å². The number of hydrogen-bond donors (Lipinski definition) is 1. The minimum atomic E-state index is -1.02. The first kappa shape index (κ1) is 21.0. The summed E-state index contributed by atoms with van der Waals surface area (Å²) in [5, 5.41) is 4.13. The summed E-state index contributed by atoms with van der Waals surface area (Å²) < 4.78 is 26.1. The monoisotopic (exact) mass is 427 g/mol. The van der Waals surface area contributed by atoms with Crippen molar-refractivity contribution in [3.8, 4) is 0 Å². The molecule has 1 heterocycles. The molecule has 0 spiro atoms. The van der Waals surface area contributed by atoms with E-state index < -0.39 is 17.5 Å². The Balaban J connectivity index is 1.40. The first-order chi connectivity index (χ1) is 13.4. The van der Waals surface area contributed by atoms with Crippen LogP contribution in [-0.4, -0.2) is 55.0 Å². The number of benzene rings is 2. The van der Waals surface area contributed by atoms with Crippen molar-refractivity contribution in [1.82, 2.24) is 15.1 Å². The molecule has 1 aliphatic rings. The van der Waals surface area contributed by atoms with Crippen molar-refractivity contribution >= 4 is 29.1 Å². The van der Waals surface area contributed by atoms with Crippen LogP contribution in [0, 0.1) is 11.6 Å². The second-order valence-corrected chi connectivity index (χ2v) is 7.58. The zero-order valence-electron chi connectivity index (χ0n) is 15.2. The molecule has 150 valence electrons. The molecule has 1 amide bonds. The van der Waals surface area contributed by atoms with E-state index in [9.17, 15) is 13.6 Å². The van der Waals surface area contributed by atoms with Gasteiger partial charge >= 0.3 is 0 Å². The molecule has 0 atom stereocenters. The van der Waals surface area contributed by atoms with E-state index in [0.717, 1.165) is 50.4 Å². The van der Waals surface area contributed by atoms with Crippen molar-refractivity contribution in [2.75, 3.05) is 39.3 Å². The summed E-state index contributed by atoms with van der Waals surface area (Å²) in [5.74, 6) is -2.40. The minimum absolute atomic E-state index is 0.113. The van der Waals surface area contributed by atoms with Crippen LogP contribution in [0.15, 0.2) is 36.4 Å². The average Bonchev–Trinajstić information content (AvgIpc) is 2.68. The van der Waals surface area contributed by atoms with E-state index in [-0.39, 0.29) is 5.56 Å². The molecule has 0 unspecified atom stereocenters. The second-order valence-electron chi connectivity index (χ2n) is 6.74. The number of amides is 1. The lowest BCUT2D eigenvalue weighted by atomic mass is 10.2. The van der Waals surface area contributed by atoms with Gasteiger partial charge in [0, 0.05) is 61.4 Å². The number of rotatable bonds is 6. The predicted molar refractivity (Wildman–Crippen MR) is 107 cm³/mol. The molecule has 0 aromatic heterocycles. The van der Waals surface area contributed by atoms with Gasteiger partial charge < -0.3 is 5.32 Å². The molecule has 4 nitrogen and oxygen atoms in total. The molecule has 8 heteroatoms. The molecular formula is C20H21Cl2F2N3O. The minimum Gasteiger partial charge on any atom is -0.351 e. The highest BCUT2D eigenvalue weighted by atomic mass is 35.5. The number of hydrogen-bond acceptors (Lipinski definition) is 3. The van der Waals surface area contributed by atoms with Crippen molar-refractivity contribution in [2.45, 2.75) is 6.54 Å². The topological polar surface area (TPSA) is 35.6 Å². The lowest BCUT2D eigenvalue weighted by Crippen LogP contribution is -2.48. The number of nitrogens with zero attached hydrogens (tertiary/aromatic N) is 2. The zero-order chi connectivity index (χ0) is 20.1. The van der Waals surface area contributed by atoms with Gasteiger partial charge in [-0.3, -0.25) is 14.6 Å². The van der Waals surface area contributed by atoms with E-state index in [1.807, 2.05) is 12.1 Å². The van der Waals surface area contributed by atoms with E-state index in [2.05, 4.69) is 15.1 Å². The van der Waals surface area contributed by atoms with Gasteiger partial charge in [0.15, 0.2) is 11.6 Å². The lowest BCUT2D eigenvalue weighted by Gasteiger charge is -2.34. The van der Waals surface area contributed by atoms with Crippen LogP contribution in [0.3, 0.4) is 0 Å². The molecule has 3 rings (SSSR count). The molecular weight excluding hydrogens is 407 g/mol. The fourth-order valence-corrected chi connectivity index (χ4v) is 3.52. The van der Waals surface area contributed by atoms with Crippen molar-refractivity contribution in [2.24, 2.45) is 0 Å². The van der Waals surface area contributed by atoms with Crippen molar-refractivity contribution in [1.29, 1.82) is 0 Å². The summed E-state index contributed by atoms with van der Waals surface area (Å²) in [6, 6.07) is 8.61. The van der Waals surface area contributed by atoms with E-state index in [0.29, 0.717) is 23.1 Å². The molecule has 1 saturated heterocycles. The average molecular weight is 428 g/mol. The van der Waals surface area contributed by atoms with E-state index in [1.165, 1.54) is 6.07 Å². The van der Waals surface area contributed by atoms with Crippen molar-refractivity contribution in [3.63, 3.8) is 0 Å². The predicted octanol–water partition coefficient (Wildman–Crippen LogP) is 3.82. The molecule has 0 aliphatic carbocycles. The van der Waals surface area contributed by atoms with Crippen molar-refractivity contribution in [3.05, 3.63) is 69.2 Å². The highest BCUT2D eigenvalue weighted by Gasteiger charge is 2.18. The SMILES string of the molecule is O=C(NCCN1CCN(Cc2cc(Cl)ccc2Cl)CC1)c1ccc(F)c(F)c1. The standard InChI is InChI=1S/C20H21Cl2F2N3O/c21-16-2-3-17(22)15(11-16)13-27-9-7-26(8-10-27)6-5-25-20(28)14-1-4-18(23)19(24)12-14/h1-4,11-12H,5-10,13H2,(H,25,28). The molecule has 1 N–H and O–H groups in total. The largest absolute Gasteiger partial charge is 0.351 e. The molecule has 2 aromatic rings. The Morgan fingerprint density at radius 3 is 2.39 bits per heavy atom. The Morgan fingerprint density at radius 1 is 0.964 bits per heavy atom. The number of carbonyl (C=O) groups excluding carboxylic acids is 1. The third-order valence-electron chi connectivity index (χ3n) is 4.76. The first-order valence-corrected chi connectivity index (χ1v) is 9.80. The molecule has 0 bridgehead atoms. The molecule has 1 fully saturated rings. The zero-order valence-corrected chi connectivity index (χ0v) is 16.7. The number of carbonyl (C=O) groups is 1. The van der Waals surface area contributed by atoms with Gasteiger partial charge in [-0.25, -0.2) is 8.78 Å².